The molecule has 1 heterocycles. The molecule has 0 aliphatic carbocycles. The number of pyridine rings is 1. The predicted octanol–water partition coefficient (Wildman–Crippen LogP) is -0.383. The molecule has 0 amide bonds. The Hall–Kier alpha value is -1.46. The molecule has 0 radical (unpaired) electrons. The number of aliphatic hydroxyl groups excluding tert-OH is 1. The van der Waals surface area contributed by atoms with Crippen LogP contribution in [0.15, 0.2) is 24.4 Å². The quantitative estimate of drug-likeness (QED) is 0.597. The van der Waals surface area contributed by atoms with Gasteiger partial charge in [-0.15, -0.1) is 0 Å². The first-order chi connectivity index (χ1) is 6.74. The molecule has 5 heteroatoms. The van der Waals surface area contributed by atoms with Crippen LogP contribution in [-0.2, 0) is 11.3 Å². The molecule has 0 aliphatic heterocycles. The van der Waals surface area contributed by atoms with Crippen LogP contribution < -0.4 is 5.32 Å². The Balaban J connectivity index is 2.44. The van der Waals surface area contributed by atoms with Crippen LogP contribution in [0.25, 0.3) is 0 Å². The molecule has 1 aromatic rings. The Morgan fingerprint density at radius 3 is 2.86 bits per heavy atom. The molecule has 76 valence electrons. The summed E-state index contributed by atoms with van der Waals surface area (Å²) in [7, 11) is 0. The Bertz CT molecular complexity index is 289. The summed E-state index contributed by atoms with van der Waals surface area (Å²) in [5.41, 5.74) is 0.743. The monoisotopic (exact) mass is 196 g/mol. The van der Waals surface area contributed by atoms with Gasteiger partial charge >= 0.3 is 5.97 Å². The smallest absolute Gasteiger partial charge is 0.323 e. The number of nitrogens with zero attached hydrogens (tertiary/aromatic N) is 1. The summed E-state index contributed by atoms with van der Waals surface area (Å²) in [6.07, 6.45) is 1.63. The van der Waals surface area contributed by atoms with Crippen LogP contribution >= 0.6 is 0 Å². The van der Waals surface area contributed by atoms with Gasteiger partial charge in [-0.05, 0) is 12.1 Å². The van der Waals surface area contributed by atoms with Gasteiger partial charge < -0.3 is 10.2 Å². The molecule has 0 aliphatic rings. The summed E-state index contributed by atoms with van der Waals surface area (Å²) in [5.74, 6) is -1.07. The zero-order valence-corrected chi connectivity index (χ0v) is 7.55. The van der Waals surface area contributed by atoms with E-state index in [0.29, 0.717) is 6.54 Å². The van der Waals surface area contributed by atoms with Crippen molar-refractivity contribution in [1.29, 1.82) is 0 Å². The van der Waals surface area contributed by atoms with Gasteiger partial charge in [-0.1, -0.05) is 6.07 Å². The molecule has 0 saturated heterocycles. The highest BCUT2D eigenvalue weighted by atomic mass is 16.4. The maximum atomic E-state index is 10.5. The van der Waals surface area contributed by atoms with Crippen LogP contribution in [0, 0.1) is 0 Å². The molecule has 0 aromatic carbocycles. The van der Waals surface area contributed by atoms with Gasteiger partial charge in [0.05, 0.1) is 12.3 Å². The first-order valence-electron chi connectivity index (χ1n) is 4.21. The van der Waals surface area contributed by atoms with Crippen LogP contribution in [0.2, 0.25) is 0 Å². The topological polar surface area (TPSA) is 82.5 Å². The highest BCUT2D eigenvalue weighted by Crippen LogP contribution is 1.93. The van der Waals surface area contributed by atoms with Gasteiger partial charge in [0.1, 0.15) is 6.04 Å². The number of nitrogens with one attached hydrogen (secondary N) is 1. The van der Waals surface area contributed by atoms with Crippen LogP contribution in [0.1, 0.15) is 5.69 Å². The lowest BCUT2D eigenvalue weighted by atomic mass is 10.3. The summed E-state index contributed by atoms with van der Waals surface area (Å²) < 4.78 is 0. The molecule has 0 saturated carbocycles. The molecule has 1 aromatic heterocycles. The number of aromatic nitrogens is 1. The average molecular weight is 196 g/mol. The minimum atomic E-state index is -1.07. The van der Waals surface area contributed by atoms with Gasteiger partial charge in [0.15, 0.2) is 0 Å². The Kier molecular flexibility index (Phi) is 4.03. The van der Waals surface area contributed by atoms with Crippen molar-refractivity contribution < 1.29 is 15.0 Å². The lowest BCUT2D eigenvalue weighted by Crippen LogP contribution is -2.39. The maximum absolute atomic E-state index is 10.5. The molecule has 0 bridgehead atoms. The minimum absolute atomic E-state index is 0.332. The van der Waals surface area contributed by atoms with Crippen molar-refractivity contribution in [2.24, 2.45) is 0 Å². The highest BCUT2D eigenvalue weighted by molar-refractivity contribution is 5.73. The minimum Gasteiger partial charge on any atom is -0.480 e. The van der Waals surface area contributed by atoms with Gasteiger partial charge in [0.2, 0.25) is 0 Å². The van der Waals surface area contributed by atoms with E-state index in [0.717, 1.165) is 5.69 Å². The van der Waals surface area contributed by atoms with E-state index in [2.05, 4.69) is 10.3 Å². The van der Waals surface area contributed by atoms with Crippen molar-refractivity contribution in [2.45, 2.75) is 12.6 Å². The molecular formula is C9H12N2O3. The van der Waals surface area contributed by atoms with Crippen molar-refractivity contribution in [1.82, 2.24) is 10.3 Å². The number of carboxylic acid groups (broad SMARTS) is 1. The van der Waals surface area contributed by atoms with Gasteiger partial charge in [-0.25, -0.2) is 0 Å². The van der Waals surface area contributed by atoms with Crippen molar-refractivity contribution in [3.05, 3.63) is 30.1 Å². The third kappa shape index (κ3) is 3.12. The third-order valence-electron chi connectivity index (χ3n) is 1.74. The second kappa shape index (κ2) is 5.31. The van der Waals surface area contributed by atoms with Crippen LogP contribution in [0.5, 0.6) is 0 Å². The second-order valence-electron chi connectivity index (χ2n) is 2.78. The molecule has 1 atom stereocenters. The van der Waals surface area contributed by atoms with E-state index in [9.17, 15) is 4.79 Å². The van der Waals surface area contributed by atoms with Gasteiger partial charge in [-0.3, -0.25) is 15.1 Å². The maximum Gasteiger partial charge on any atom is 0.323 e. The van der Waals surface area contributed by atoms with E-state index in [1.807, 2.05) is 6.07 Å². The fourth-order valence-electron chi connectivity index (χ4n) is 0.960. The average Bonchev–Trinajstić information content (AvgIpc) is 2.20. The zero-order valence-electron chi connectivity index (χ0n) is 7.55. The van der Waals surface area contributed by atoms with E-state index in [-0.39, 0.29) is 0 Å². The molecular weight excluding hydrogens is 184 g/mol. The third-order valence-corrected chi connectivity index (χ3v) is 1.74. The van der Waals surface area contributed by atoms with Gasteiger partial charge in [0.25, 0.3) is 0 Å². The van der Waals surface area contributed by atoms with Crippen LogP contribution in [0.3, 0.4) is 0 Å². The lowest BCUT2D eigenvalue weighted by molar-refractivity contribution is -0.140. The Morgan fingerprint density at radius 1 is 1.57 bits per heavy atom. The van der Waals surface area contributed by atoms with E-state index in [1.54, 1.807) is 18.3 Å². The number of carboxylic acids is 1. The highest BCUT2D eigenvalue weighted by Gasteiger charge is 2.14. The summed E-state index contributed by atoms with van der Waals surface area (Å²) in [4.78, 5) is 14.5. The molecule has 0 spiro atoms. The van der Waals surface area contributed by atoms with Crippen LogP contribution in [-0.4, -0.2) is 33.8 Å². The molecule has 0 fully saturated rings. The van der Waals surface area contributed by atoms with Gasteiger partial charge in [0, 0.05) is 12.7 Å². The van der Waals surface area contributed by atoms with Crippen molar-refractivity contribution in [3.63, 3.8) is 0 Å². The van der Waals surface area contributed by atoms with Crippen molar-refractivity contribution >= 4 is 5.97 Å². The number of aliphatic carboxylic acids is 1. The Labute approximate surface area is 81.4 Å². The van der Waals surface area contributed by atoms with Gasteiger partial charge in [-0.2, -0.15) is 0 Å². The summed E-state index contributed by atoms with van der Waals surface area (Å²) in [6, 6.07) is 4.45. The summed E-state index contributed by atoms with van der Waals surface area (Å²) >= 11 is 0. The van der Waals surface area contributed by atoms with Crippen LogP contribution in [0.4, 0.5) is 0 Å². The molecule has 1 rings (SSSR count). The molecule has 5 nitrogen and oxygen atoms in total. The zero-order chi connectivity index (χ0) is 10.4. The Morgan fingerprint density at radius 2 is 2.36 bits per heavy atom. The normalized spacial score (nSPS) is 12.4. The number of rotatable bonds is 5. The molecule has 14 heavy (non-hydrogen) atoms. The largest absolute Gasteiger partial charge is 0.480 e. The van der Waals surface area contributed by atoms with E-state index >= 15 is 0 Å². The number of carbonyl (C=O) groups is 1. The first kappa shape index (κ1) is 10.6. The lowest BCUT2D eigenvalue weighted by Gasteiger charge is -2.10. The molecule has 1 unspecified atom stereocenters. The number of hydrogen-bond acceptors (Lipinski definition) is 4. The fourth-order valence-corrected chi connectivity index (χ4v) is 0.960. The predicted molar refractivity (Wildman–Crippen MR) is 49.6 cm³/mol. The molecule has 3 N–H and O–H groups in total. The van der Waals surface area contributed by atoms with Crippen molar-refractivity contribution in [3.8, 4) is 0 Å². The standard InChI is InChI=1S/C9H12N2O3/c12-6-8(9(13)14)11-5-7-3-1-2-4-10-7/h1-4,8,11-12H,5-6H2,(H,13,14). The number of aliphatic hydroxyl groups is 1. The first-order valence-corrected chi connectivity index (χ1v) is 4.21. The van der Waals surface area contributed by atoms with E-state index in [1.165, 1.54) is 0 Å². The summed E-state index contributed by atoms with van der Waals surface area (Å²) in [5, 5.41) is 20.0. The van der Waals surface area contributed by atoms with Crippen molar-refractivity contribution in [2.75, 3.05) is 6.61 Å². The fraction of sp³-hybridized carbons (Fsp3) is 0.333. The summed E-state index contributed by atoms with van der Waals surface area (Å²) in [6.45, 7) is -0.0967. The second-order valence-corrected chi connectivity index (χ2v) is 2.78. The number of hydrogen-bond donors (Lipinski definition) is 3. The van der Waals surface area contributed by atoms with E-state index in [4.69, 9.17) is 10.2 Å². The SMILES string of the molecule is O=C(O)C(CO)NCc1ccccn1. The van der Waals surface area contributed by atoms with E-state index < -0.39 is 18.6 Å².